The largest absolute Gasteiger partial charge is 0.495 e. The lowest BCUT2D eigenvalue weighted by molar-refractivity contribution is -0.137. The van der Waals surface area contributed by atoms with Gasteiger partial charge in [-0.25, -0.2) is 0 Å². The van der Waals surface area contributed by atoms with E-state index in [1.807, 2.05) is 22.9 Å². The smallest absolute Gasteiger partial charge is 0.305 e. The lowest BCUT2D eigenvalue weighted by atomic mass is 10.2. The average Bonchev–Trinajstić information content (AvgIpc) is 2.67. The predicted octanol–water partition coefficient (Wildman–Crippen LogP) is 2.78. The Morgan fingerprint density at radius 3 is 2.94 bits per heavy atom. The van der Waals surface area contributed by atoms with Crippen molar-refractivity contribution in [2.75, 3.05) is 7.11 Å². The van der Waals surface area contributed by atoms with Crippen LogP contribution >= 0.6 is 11.6 Å². The van der Waals surface area contributed by atoms with Crippen LogP contribution in [0.15, 0.2) is 24.4 Å². The number of aliphatic carboxylic acids is 1. The van der Waals surface area contributed by atoms with Gasteiger partial charge in [0.1, 0.15) is 5.75 Å². The topological polar surface area (TPSA) is 51.5 Å². The van der Waals surface area contributed by atoms with Crippen molar-refractivity contribution in [3.05, 3.63) is 29.4 Å². The van der Waals surface area contributed by atoms with E-state index in [0.29, 0.717) is 17.3 Å². The summed E-state index contributed by atoms with van der Waals surface area (Å²) in [6, 6.07) is 5.54. The van der Waals surface area contributed by atoms with Crippen LogP contribution in [0.3, 0.4) is 0 Å². The van der Waals surface area contributed by atoms with Crippen LogP contribution in [0.1, 0.15) is 6.42 Å². The number of benzene rings is 1. The van der Waals surface area contributed by atoms with Gasteiger partial charge in [-0.05, 0) is 18.2 Å². The fourth-order valence-corrected chi connectivity index (χ4v) is 1.99. The number of carboxylic acid groups (broad SMARTS) is 1. The molecule has 1 aromatic heterocycles. The highest BCUT2D eigenvalue weighted by Gasteiger charge is 2.08. The van der Waals surface area contributed by atoms with Crippen LogP contribution < -0.4 is 4.74 Å². The lowest BCUT2D eigenvalue weighted by Gasteiger charge is -2.06. The third-order valence-corrected chi connectivity index (χ3v) is 2.91. The number of fused-ring (bicyclic) bond motifs is 1. The zero-order valence-electron chi connectivity index (χ0n) is 9.31. The fraction of sp³-hybridized carbons (Fsp3) is 0.250. The molecular weight excluding hydrogens is 242 g/mol. The van der Waals surface area contributed by atoms with Crippen molar-refractivity contribution >= 4 is 28.5 Å². The number of aromatic nitrogens is 1. The summed E-state index contributed by atoms with van der Waals surface area (Å²) in [5.74, 6) is -0.193. The quantitative estimate of drug-likeness (QED) is 0.912. The second kappa shape index (κ2) is 4.67. The zero-order valence-corrected chi connectivity index (χ0v) is 10.1. The van der Waals surface area contributed by atoms with E-state index >= 15 is 0 Å². The monoisotopic (exact) mass is 253 g/mol. The summed E-state index contributed by atoms with van der Waals surface area (Å²) in [6.07, 6.45) is 1.94. The number of rotatable bonds is 4. The first-order valence-electron chi connectivity index (χ1n) is 5.16. The van der Waals surface area contributed by atoms with Gasteiger partial charge >= 0.3 is 5.97 Å². The molecule has 0 aliphatic heterocycles. The Balaban J connectivity index is 2.39. The van der Waals surface area contributed by atoms with E-state index in [0.717, 1.165) is 10.9 Å². The molecular formula is C12H12ClNO3. The molecule has 5 heteroatoms. The highest BCUT2D eigenvalue weighted by Crippen LogP contribution is 2.30. The van der Waals surface area contributed by atoms with Crippen molar-refractivity contribution in [3.8, 4) is 5.75 Å². The van der Waals surface area contributed by atoms with Crippen LogP contribution in [0.5, 0.6) is 5.75 Å². The molecule has 90 valence electrons. The number of ether oxygens (including phenoxy) is 1. The van der Waals surface area contributed by atoms with E-state index in [9.17, 15) is 4.79 Å². The van der Waals surface area contributed by atoms with E-state index < -0.39 is 5.97 Å². The summed E-state index contributed by atoms with van der Waals surface area (Å²) in [4.78, 5) is 10.5. The molecule has 1 heterocycles. The lowest BCUT2D eigenvalue weighted by Crippen LogP contribution is -2.03. The van der Waals surface area contributed by atoms with Gasteiger partial charge in [-0.1, -0.05) is 11.6 Å². The molecule has 0 saturated carbocycles. The van der Waals surface area contributed by atoms with Crippen molar-refractivity contribution in [2.45, 2.75) is 13.0 Å². The Kier molecular flexibility index (Phi) is 3.24. The molecule has 17 heavy (non-hydrogen) atoms. The third-order valence-electron chi connectivity index (χ3n) is 2.61. The molecule has 0 unspecified atom stereocenters. The molecule has 4 nitrogen and oxygen atoms in total. The average molecular weight is 254 g/mol. The fourth-order valence-electron chi connectivity index (χ4n) is 1.76. The summed E-state index contributed by atoms with van der Waals surface area (Å²) in [5.41, 5.74) is 0.914. The molecule has 0 saturated heterocycles. The number of halogens is 1. The molecule has 0 fully saturated rings. The van der Waals surface area contributed by atoms with Crippen molar-refractivity contribution in [1.29, 1.82) is 0 Å². The van der Waals surface area contributed by atoms with Crippen molar-refractivity contribution in [2.24, 2.45) is 0 Å². The zero-order chi connectivity index (χ0) is 12.4. The summed E-state index contributed by atoms with van der Waals surface area (Å²) in [5, 5.41) is 10.2. The highest BCUT2D eigenvalue weighted by atomic mass is 35.5. The minimum Gasteiger partial charge on any atom is -0.495 e. The Morgan fingerprint density at radius 1 is 1.53 bits per heavy atom. The molecule has 0 aliphatic rings. The van der Waals surface area contributed by atoms with E-state index in [2.05, 4.69) is 0 Å². The molecule has 1 N–H and O–H groups in total. The van der Waals surface area contributed by atoms with Gasteiger partial charge < -0.3 is 14.4 Å². The molecule has 0 spiro atoms. The van der Waals surface area contributed by atoms with Crippen molar-refractivity contribution in [3.63, 3.8) is 0 Å². The van der Waals surface area contributed by atoms with Gasteiger partial charge in [-0.15, -0.1) is 0 Å². The standard InChI is InChI=1S/C12H12ClNO3/c1-17-11-6-8-2-4-14(5-3-12(15)16)10(8)7-9(11)13/h2,4,6-7H,3,5H2,1H3,(H,15,16). The molecule has 1 aromatic carbocycles. The van der Waals surface area contributed by atoms with Crippen LogP contribution in [-0.4, -0.2) is 22.8 Å². The van der Waals surface area contributed by atoms with E-state index in [1.165, 1.54) is 0 Å². The Labute approximate surface area is 103 Å². The molecule has 2 rings (SSSR count). The Morgan fingerprint density at radius 2 is 2.29 bits per heavy atom. The normalized spacial score (nSPS) is 10.7. The first-order valence-corrected chi connectivity index (χ1v) is 5.54. The summed E-state index contributed by atoms with van der Waals surface area (Å²) in [6.45, 7) is 0.432. The van der Waals surface area contributed by atoms with Gasteiger partial charge in [0.15, 0.2) is 0 Å². The number of hydrogen-bond donors (Lipinski definition) is 1. The minimum atomic E-state index is -0.813. The number of methoxy groups -OCH3 is 1. The highest BCUT2D eigenvalue weighted by molar-refractivity contribution is 6.32. The maximum Gasteiger partial charge on any atom is 0.305 e. The van der Waals surface area contributed by atoms with Crippen molar-refractivity contribution < 1.29 is 14.6 Å². The maximum absolute atomic E-state index is 10.5. The van der Waals surface area contributed by atoms with Crippen molar-refractivity contribution in [1.82, 2.24) is 4.57 Å². The van der Waals surface area contributed by atoms with Gasteiger partial charge in [-0.3, -0.25) is 4.79 Å². The van der Waals surface area contributed by atoms with Crippen LogP contribution in [0, 0.1) is 0 Å². The van der Waals surface area contributed by atoms with Crippen LogP contribution in [0.2, 0.25) is 5.02 Å². The van der Waals surface area contributed by atoms with E-state index in [1.54, 1.807) is 13.2 Å². The van der Waals surface area contributed by atoms with Gasteiger partial charge in [0.2, 0.25) is 0 Å². The predicted molar refractivity (Wildman–Crippen MR) is 65.8 cm³/mol. The number of nitrogens with zero attached hydrogens (tertiary/aromatic N) is 1. The van der Waals surface area contributed by atoms with E-state index in [4.69, 9.17) is 21.4 Å². The first-order chi connectivity index (χ1) is 8.11. The maximum atomic E-state index is 10.5. The SMILES string of the molecule is COc1cc2ccn(CCC(=O)O)c2cc1Cl. The summed E-state index contributed by atoms with van der Waals surface area (Å²) in [7, 11) is 1.56. The number of carbonyl (C=O) groups is 1. The van der Waals surface area contributed by atoms with Gasteiger partial charge in [0.05, 0.1) is 18.6 Å². The van der Waals surface area contributed by atoms with Gasteiger partial charge in [0, 0.05) is 23.6 Å². The van der Waals surface area contributed by atoms with Gasteiger partial charge in [0.25, 0.3) is 0 Å². The number of aryl methyl sites for hydroxylation is 1. The number of carboxylic acids is 1. The molecule has 0 atom stereocenters. The minimum absolute atomic E-state index is 0.0907. The summed E-state index contributed by atoms with van der Waals surface area (Å²) < 4.78 is 7.00. The Hall–Kier alpha value is -1.68. The van der Waals surface area contributed by atoms with Crippen LogP contribution in [-0.2, 0) is 11.3 Å². The molecule has 2 aromatic rings. The second-order valence-corrected chi connectivity index (χ2v) is 4.11. The first kappa shape index (κ1) is 11.8. The molecule has 0 amide bonds. The molecule has 0 bridgehead atoms. The van der Waals surface area contributed by atoms with Crippen LogP contribution in [0.25, 0.3) is 10.9 Å². The van der Waals surface area contributed by atoms with E-state index in [-0.39, 0.29) is 6.42 Å². The summed E-state index contributed by atoms with van der Waals surface area (Å²) >= 11 is 6.04. The van der Waals surface area contributed by atoms with Gasteiger partial charge in [-0.2, -0.15) is 0 Å². The molecule has 0 aliphatic carbocycles. The third kappa shape index (κ3) is 2.36. The molecule has 0 radical (unpaired) electrons. The second-order valence-electron chi connectivity index (χ2n) is 3.70. The number of hydrogen-bond acceptors (Lipinski definition) is 2. The Bertz CT molecular complexity index is 562. The van der Waals surface area contributed by atoms with Crippen LogP contribution in [0.4, 0.5) is 0 Å².